The van der Waals surface area contributed by atoms with Crippen molar-refractivity contribution in [3.63, 3.8) is 0 Å². The third kappa shape index (κ3) is 4.72. The van der Waals surface area contributed by atoms with Gasteiger partial charge in [0, 0.05) is 66.3 Å². The molecular weight excluding hydrogens is 474 g/mol. The number of H-pyrrole nitrogens is 2. The molecule has 9 nitrogen and oxygen atoms in total. The highest BCUT2D eigenvalue weighted by molar-refractivity contribution is 5.99. The number of unbranched alkanes of at least 4 members (excludes halogenated alkanes) is 1. The van der Waals surface area contributed by atoms with Gasteiger partial charge in [0.05, 0.1) is 35.0 Å². The minimum Gasteiger partial charge on any atom is -0.368 e. The highest BCUT2D eigenvalue weighted by atomic mass is 15.2. The third-order valence-electron chi connectivity index (χ3n) is 7.24. The molecule has 9 heteroatoms. The van der Waals surface area contributed by atoms with Crippen LogP contribution in [0.3, 0.4) is 0 Å². The summed E-state index contributed by atoms with van der Waals surface area (Å²) in [6.07, 6.45) is 10.6. The lowest BCUT2D eigenvalue weighted by molar-refractivity contribution is 0.313. The number of hydrogen-bond donors (Lipinski definition) is 3. The predicted molar refractivity (Wildman–Crippen MR) is 154 cm³/mol. The fraction of sp³-hybridized carbons (Fsp3) is 0.310. The smallest absolute Gasteiger partial charge is 0.139 e. The predicted octanol–water partition coefficient (Wildman–Crippen LogP) is 5.43. The van der Waals surface area contributed by atoms with E-state index in [-0.39, 0.29) is 0 Å². The van der Waals surface area contributed by atoms with Crippen molar-refractivity contribution in [1.29, 1.82) is 0 Å². The van der Waals surface area contributed by atoms with Crippen LogP contribution in [0.4, 0.5) is 11.4 Å². The molecule has 0 amide bonds. The van der Waals surface area contributed by atoms with Gasteiger partial charge in [-0.05, 0) is 44.2 Å². The standard InChI is InChI=1S/C29H33N9/c1-4-5-6-19(2)33-21-13-20(16-30-17-21)24-14-22-26(18-32-24)35-36-28(22)25-15-23-27(7-8-31-29(23)34-25)38-11-9-37(3)10-12-38/h7-8,13-18,33H,2,4-6,9-12H2,1,3H3,(H,31,34)(H,35,36). The van der Waals surface area contributed by atoms with Crippen molar-refractivity contribution in [3.8, 4) is 22.6 Å². The molecule has 0 bridgehead atoms. The summed E-state index contributed by atoms with van der Waals surface area (Å²) in [7, 11) is 2.17. The third-order valence-corrected chi connectivity index (χ3v) is 7.24. The Kier molecular flexibility index (Phi) is 6.51. The van der Waals surface area contributed by atoms with Gasteiger partial charge in [0.25, 0.3) is 0 Å². The Balaban J connectivity index is 1.33. The Bertz CT molecular complexity index is 1590. The lowest BCUT2D eigenvalue weighted by atomic mass is 10.1. The van der Waals surface area contributed by atoms with E-state index >= 15 is 0 Å². The first-order chi connectivity index (χ1) is 18.6. The van der Waals surface area contributed by atoms with E-state index in [4.69, 9.17) is 0 Å². The van der Waals surface area contributed by atoms with Crippen molar-refractivity contribution in [1.82, 2.24) is 35.0 Å². The molecule has 5 aromatic rings. The Labute approximate surface area is 222 Å². The molecular formula is C29H33N9. The number of pyridine rings is 3. The van der Waals surface area contributed by atoms with Crippen LogP contribution in [-0.2, 0) is 0 Å². The maximum absolute atomic E-state index is 4.68. The van der Waals surface area contributed by atoms with Gasteiger partial charge in [0.1, 0.15) is 11.3 Å². The largest absolute Gasteiger partial charge is 0.368 e. The van der Waals surface area contributed by atoms with E-state index in [9.17, 15) is 0 Å². The van der Waals surface area contributed by atoms with E-state index in [1.54, 1.807) is 0 Å². The maximum atomic E-state index is 4.68. The Morgan fingerprint density at radius 3 is 2.76 bits per heavy atom. The van der Waals surface area contributed by atoms with Gasteiger partial charge in [-0.1, -0.05) is 19.9 Å². The van der Waals surface area contributed by atoms with Crippen LogP contribution in [0.1, 0.15) is 26.2 Å². The average Bonchev–Trinajstić information content (AvgIpc) is 3.56. The van der Waals surface area contributed by atoms with Gasteiger partial charge in [-0.3, -0.25) is 15.1 Å². The zero-order valence-electron chi connectivity index (χ0n) is 22.0. The average molecular weight is 508 g/mol. The minimum atomic E-state index is 0.836. The summed E-state index contributed by atoms with van der Waals surface area (Å²) in [5, 5.41) is 13.3. The Morgan fingerprint density at radius 1 is 1.05 bits per heavy atom. The van der Waals surface area contributed by atoms with Gasteiger partial charge in [-0.15, -0.1) is 0 Å². The minimum absolute atomic E-state index is 0.836. The molecule has 0 saturated carbocycles. The molecule has 5 aromatic heterocycles. The zero-order chi connectivity index (χ0) is 26.1. The maximum Gasteiger partial charge on any atom is 0.139 e. The number of fused-ring (bicyclic) bond motifs is 2. The highest BCUT2D eigenvalue weighted by Gasteiger charge is 2.19. The van der Waals surface area contributed by atoms with Crippen LogP contribution < -0.4 is 10.2 Å². The first-order valence-corrected chi connectivity index (χ1v) is 13.2. The fourth-order valence-electron chi connectivity index (χ4n) is 5.05. The molecule has 0 unspecified atom stereocenters. The molecule has 0 spiro atoms. The number of allylic oxidation sites excluding steroid dienone is 1. The molecule has 1 aliphatic rings. The van der Waals surface area contributed by atoms with E-state index in [1.165, 1.54) is 5.69 Å². The highest BCUT2D eigenvalue weighted by Crippen LogP contribution is 2.34. The summed E-state index contributed by atoms with van der Waals surface area (Å²) >= 11 is 0. The molecule has 0 aliphatic carbocycles. The molecule has 6 rings (SSSR count). The molecule has 1 saturated heterocycles. The normalized spacial score (nSPS) is 14.4. The topological polar surface area (TPSA) is 102 Å². The van der Waals surface area contributed by atoms with Crippen molar-refractivity contribution in [2.45, 2.75) is 26.2 Å². The van der Waals surface area contributed by atoms with E-state index in [0.717, 1.165) is 101 Å². The molecule has 3 N–H and O–H groups in total. The van der Waals surface area contributed by atoms with Crippen LogP contribution >= 0.6 is 0 Å². The summed E-state index contributed by atoms with van der Waals surface area (Å²) in [6.45, 7) is 10.4. The molecule has 6 heterocycles. The number of piperazine rings is 1. The van der Waals surface area contributed by atoms with Gasteiger partial charge in [0.2, 0.25) is 0 Å². The van der Waals surface area contributed by atoms with Crippen LogP contribution in [0.5, 0.6) is 0 Å². The lowest BCUT2D eigenvalue weighted by Crippen LogP contribution is -2.44. The molecule has 38 heavy (non-hydrogen) atoms. The quantitative estimate of drug-likeness (QED) is 0.257. The summed E-state index contributed by atoms with van der Waals surface area (Å²) in [6, 6.07) is 8.41. The van der Waals surface area contributed by atoms with E-state index in [0.29, 0.717) is 0 Å². The first-order valence-electron chi connectivity index (χ1n) is 13.2. The van der Waals surface area contributed by atoms with Gasteiger partial charge in [0.15, 0.2) is 0 Å². The molecule has 1 aliphatic heterocycles. The van der Waals surface area contributed by atoms with Crippen molar-refractivity contribution in [2.24, 2.45) is 0 Å². The number of aromatic amines is 2. The van der Waals surface area contributed by atoms with E-state index in [1.807, 2.05) is 24.8 Å². The Hall–Kier alpha value is -4.24. The number of anilines is 2. The first kappa shape index (κ1) is 24.1. The van der Waals surface area contributed by atoms with Crippen LogP contribution in [0.2, 0.25) is 0 Å². The van der Waals surface area contributed by atoms with Crippen molar-refractivity contribution in [2.75, 3.05) is 43.4 Å². The van der Waals surface area contributed by atoms with Crippen LogP contribution in [-0.4, -0.2) is 68.3 Å². The van der Waals surface area contributed by atoms with Crippen molar-refractivity contribution >= 4 is 33.3 Å². The van der Waals surface area contributed by atoms with Gasteiger partial charge >= 0.3 is 0 Å². The lowest BCUT2D eigenvalue weighted by Gasteiger charge is -2.34. The second-order valence-electron chi connectivity index (χ2n) is 10.0. The van der Waals surface area contributed by atoms with Gasteiger partial charge in [-0.25, -0.2) is 4.98 Å². The number of aromatic nitrogens is 6. The second-order valence-corrected chi connectivity index (χ2v) is 10.0. The summed E-state index contributed by atoms with van der Waals surface area (Å²) in [5.41, 5.74) is 8.41. The van der Waals surface area contributed by atoms with Crippen LogP contribution in [0, 0.1) is 0 Å². The number of hydrogen-bond acceptors (Lipinski definition) is 7. The number of likely N-dealkylation sites (N-methyl/N-ethyl adjacent to an activating group) is 1. The molecule has 0 atom stereocenters. The number of nitrogens with zero attached hydrogens (tertiary/aromatic N) is 6. The van der Waals surface area contributed by atoms with E-state index < -0.39 is 0 Å². The molecule has 1 fully saturated rings. The monoisotopic (exact) mass is 507 g/mol. The van der Waals surface area contributed by atoms with Crippen molar-refractivity contribution in [3.05, 3.63) is 61.3 Å². The van der Waals surface area contributed by atoms with Crippen LogP contribution in [0.15, 0.2) is 61.3 Å². The second kappa shape index (κ2) is 10.3. The SMILES string of the molecule is C=C(CCCC)Nc1cncc(-c2cc3c(-c4cc5c(N6CCN(C)CC6)ccnc5[nH]4)n[nH]c3cn2)c1. The van der Waals surface area contributed by atoms with Gasteiger partial charge < -0.3 is 20.1 Å². The number of nitrogens with one attached hydrogen (secondary N) is 3. The van der Waals surface area contributed by atoms with E-state index in [2.05, 4.69) is 90.1 Å². The molecule has 194 valence electrons. The fourth-order valence-corrected chi connectivity index (χ4v) is 5.05. The van der Waals surface area contributed by atoms with Crippen molar-refractivity contribution < 1.29 is 0 Å². The zero-order valence-corrected chi connectivity index (χ0v) is 22.0. The summed E-state index contributed by atoms with van der Waals surface area (Å²) in [4.78, 5) is 22.0. The summed E-state index contributed by atoms with van der Waals surface area (Å²) < 4.78 is 0. The number of rotatable bonds is 8. The van der Waals surface area contributed by atoms with Crippen LogP contribution in [0.25, 0.3) is 44.6 Å². The molecule has 0 aromatic carbocycles. The van der Waals surface area contributed by atoms with Gasteiger partial charge in [-0.2, -0.15) is 5.10 Å². The Morgan fingerprint density at radius 2 is 1.92 bits per heavy atom. The molecule has 0 radical (unpaired) electrons. The summed E-state index contributed by atoms with van der Waals surface area (Å²) in [5.74, 6) is 0.